The first-order chi connectivity index (χ1) is 4.06. The predicted octanol–water partition coefficient (Wildman–Crippen LogP) is 0.596. The zero-order valence-electron chi connectivity index (χ0n) is 4.46. The van der Waals surface area contributed by atoms with Crippen molar-refractivity contribution in [2.75, 3.05) is 6.54 Å². The number of rotatable bonds is 3. The molecule has 2 nitrogen and oxygen atoms in total. The molecule has 1 N–H and O–H groups in total. The molecule has 0 aliphatic carbocycles. The molecule has 0 saturated heterocycles. The van der Waals surface area contributed by atoms with Crippen LogP contribution in [0.4, 0.5) is 13.2 Å². The van der Waals surface area contributed by atoms with Crippen LogP contribution < -0.4 is 5.32 Å². The summed E-state index contributed by atoms with van der Waals surface area (Å²) in [6.45, 7) is -0.396. The van der Waals surface area contributed by atoms with Gasteiger partial charge in [0, 0.05) is 6.54 Å². The quantitative estimate of drug-likeness (QED) is 0.451. The van der Waals surface area contributed by atoms with Crippen LogP contribution >= 0.6 is 0 Å². The van der Waals surface area contributed by atoms with Crippen molar-refractivity contribution in [3.63, 3.8) is 0 Å². The van der Waals surface area contributed by atoms with Gasteiger partial charge in [-0.05, 0) is 0 Å². The monoisotopic (exact) mass is 140 g/mol. The molecule has 0 heterocycles. The molecule has 53 valence electrons. The summed E-state index contributed by atoms with van der Waals surface area (Å²) < 4.78 is 33.6. The van der Waals surface area contributed by atoms with Gasteiger partial charge in [-0.3, -0.25) is 4.79 Å². The molecular weight excluding hydrogens is 135 g/mol. The Kier molecular flexibility index (Phi) is 3.05. The van der Waals surface area contributed by atoms with E-state index in [9.17, 15) is 18.0 Å². The molecule has 0 atom stereocenters. The van der Waals surface area contributed by atoms with Crippen LogP contribution in [0.5, 0.6) is 0 Å². The molecule has 0 unspecified atom stereocenters. The lowest BCUT2D eigenvalue weighted by Gasteiger charge is -2.02. The van der Waals surface area contributed by atoms with Crippen LogP contribution in [-0.4, -0.2) is 19.1 Å². The van der Waals surface area contributed by atoms with E-state index in [4.69, 9.17) is 0 Å². The number of nitrogens with one attached hydrogen (secondary N) is 1. The molecule has 0 aromatic carbocycles. The van der Waals surface area contributed by atoms with Gasteiger partial charge in [0.1, 0.15) is 0 Å². The Morgan fingerprint density at radius 3 is 2.33 bits per heavy atom. The predicted molar refractivity (Wildman–Crippen MR) is 24.4 cm³/mol. The molecule has 0 aromatic heterocycles. The van der Waals surface area contributed by atoms with E-state index in [-0.39, 0.29) is 0 Å². The summed E-state index contributed by atoms with van der Waals surface area (Å²) in [5.41, 5.74) is 0. The molecule has 0 rings (SSSR count). The molecule has 1 amide bonds. The molecule has 0 aromatic rings. The van der Waals surface area contributed by atoms with Gasteiger partial charge in [-0.1, -0.05) is 0 Å². The second-order valence-electron chi connectivity index (χ2n) is 1.39. The first kappa shape index (κ1) is 8.26. The number of alkyl halides is 3. The molecule has 0 fully saturated rings. The van der Waals surface area contributed by atoms with E-state index in [1.807, 2.05) is 0 Å². The molecule has 0 aliphatic rings. The minimum atomic E-state index is -4.19. The SMILES string of the molecule is O=[C]NCCC(F)(F)F. The fourth-order valence-electron chi connectivity index (χ4n) is 0.255. The van der Waals surface area contributed by atoms with Gasteiger partial charge in [0.25, 0.3) is 0 Å². The molecule has 0 saturated carbocycles. The van der Waals surface area contributed by atoms with E-state index >= 15 is 0 Å². The summed E-state index contributed by atoms with van der Waals surface area (Å²) in [5, 5.41) is 1.78. The van der Waals surface area contributed by atoms with Gasteiger partial charge in [-0.2, -0.15) is 13.2 Å². The maximum absolute atomic E-state index is 11.2. The molecular formula is C4H5F3NO. The zero-order valence-corrected chi connectivity index (χ0v) is 4.46. The topological polar surface area (TPSA) is 29.1 Å². The lowest BCUT2D eigenvalue weighted by molar-refractivity contribution is -0.132. The van der Waals surface area contributed by atoms with Crippen LogP contribution in [0.15, 0.2) is 0 Å². The van der Waals surface area contributed by atoms with Crippen molar-refractivity contribution in [2.24, 2.45) is 0 Å². The van der Waals surface area contributed by atoms with E-state index in [2.05, 4.69) is 0 Å². The third-order valence-corrected chi connectivity index (χ3v) is 0.606. The Morgan fingerprint density at radius 1 is 1.44 bits per heavy atom. The normalized spacial score (nSPS) is 11.0. The molecule has 1 radical (unpaired) electrons. The summed E-state index contributed by atoms with van der Waals surface area (Å²) in [5.74, 6) is 0. The Labute approximate surface area is 50.0 Å². The standard InChI is InChI=1S/C4H5F3NO/c5-4(6,7)1-2-8-3-9/h1-2H2,(H,8,9). The fraction of sp³-hybridized carbons (Fsp3) is 0.750. The summed E-state index contributed by atoms with van der Waals surface area (Å²) >= 11 is 0. The lowest BCUT2D eigenvalue weighted by atomic mass is 10.4. The van der Waals surface area contributed by atoms with Crippen molar-refractivity contribution >= 4 is 6.41 Å². The maximum Gasteiger partial charge on any atom is 0.390 e. The van der Waals surface area contributed by atoms with Gasteiger partial charge in [0.2, 0.25) is 0 Å². The third-order valence-electron chi connectivity index (χ3n) is 0.606. The van der Waals surface area contributed by atoms with Crippen molar-refractivity contribution in [1.82, 2.24) is 5.32 Å². The Bertz CT molecular complexity index is 90.3. The van der Waals surface area contributed by atoms with Crippen LogP contribution in [0.1, 0.15) is 6.42 Å². The Hall–Kier alpha value is -0.740. The van der Waals surface area contributed by atoms with E-state index in [0.29, 0.717) is 0 Å². The molecule has 9 heavy (non-hydrogen) atoms. The van der Waals surface area contributed by atoms with E-state index < -0.39 is 19.1 Å². The summed E-state index contributed by atoms with van der Waals surface area (Å²) in [7, 11) is 0. The second-order valence-corrected chi connectivity index (χ2v) is 1.39. The fourth-order valence-corrected chi connectivity index (χ4v) is 0.255. The van der Waals surface area contributed by atoms with Gasteiger partial charge in [0.15, 0.2) is 0 Å². The van der Waals surface area contributed by atoms with Crippen molar-refractivity contribution in [2.45, 2.75) is 12.6 Å². The number of hydrogen-bond acceptors (Lipinski definition) is 1. The smallest absolute Gasteiger partial charge is 0.347 e. The second kappa shape index (κ2) is 3.32. The zero-order chi connectivity index (χ0) is 7.33. The minimum absolute atomic E-state index is 0.396. The van der Waals surface area contributed by atoms with E-state index in [1.165, 1.54) is 0 Å². The van der Waals surface area contributed by atoms with Gasteiger partial charge in [-0.25, -0.2) is 0 Å². The van der Waals surface area contributed by atoms with Crippen molar-refractivity contribution in [3.05, 3.63) is 0 Å². The van der Waals surface area contributed by atoms with Crippen LogP contribution in [0, 0.1) is 0 Å². The first-order valence-electron chi connectivity index (χ1n) is 2.23. The van der Waals surface area contributed by atoms with Crippen molar-refractivity contribution in [3.8, 4) is 0 Å². The third kappa shape index (κ3) is 7.26. The summed E-state index contributed by atoms with van der Waals surface area (Å²) in [6, 6.07) is 0. The molecule has 0 bridgehead atoms. The largest absolute Gasteiger partial charge is 0.390 e. The van der Waals surface area contributed by atoms with Crippen molar-refractivity contribution in [1.29, 1.82) is 0 Å². The highest BCUT2D eigenvalue weighted by Crippen LogP contribution is 2.17. The summed E-state index contributed by atoms with van der Waals surface area (Å²) in [6.07, 6.45) is -4.05. The van der Waals surface area contributed by atoms with Crippen molar-refractivity contribution < 1.29 is 18.0 Å². The van der Waals surface area contributed by atoms with Gasteiger partial charge in [-0.15, -0.1) is 0 Å². The average molecular weight is 140 g/mol. The summed E-state index contributed by atoms with van der Waals surface area (Å²) in [4.78, 5) is 9.29. The van der Waals surface area contributed by atoms with Crippen LogP contribution in [0.25, 0.3) is 0 Å². The van der Waals surface area contributed by atoms with Gasteiger partial charge in [0.05, 0.1) is 6.42 Å². The Morgan fingerprint density at radius 2 is 2.00 bits per heavy atom. The molecule has 5 heteroatoms. The number of amides is 1. The van der Waals surface area contributed by atoms with Crippen LogP contribution in [-0.2, 0) is 4.79 Å². The number of carbonyl (C=O) groups excluding carboxylic acids is 1. The van der Waals surface area contributed by atoms with Gasteiger partial charge < -0.3 is 5.32 Å². The highest BCUT2D eigenvalue weighted by atomic mass is 19.4. The highest BCUT2D eigenvalue weighted by Gasteiger charge is 2.25. The molecule has 0 spiro atoms. The minimum Gasteiger partial charge on any atom is -0.347 e. The van der Waals surface area contributed by atoms with E-state index in [1.54, 1.807) is 5.32 Å². The Balaban J connectivity index is 3.17. The van der Waals surface area contributed by atoms with E-state index in [0.717, 1.165) is 6.41 Å². The first-order valence-corrected chi connectivity index (χ1v) is 2.23. The number of hydrogen-bond donors (Lipinski definition) is 1. The van der Waals surface area contributed by atoms with Crippen LogP contribution in [0.2, 0.25) is 0 Å². The highest BCUT2D eigenvalue weighted by molar-refractivity contribution is 5.46. The maximum atomic E-state index is 11.2. The average Bonchev–Trinajstić information content (AvgIpc) is 1.63. The van der Waals surface area contributed by atoms with Gasteiger partial charge >= 0.3 is 12.6 Å². The number of halogens is 3. The lowest BCUT2D eigenvalue weighted by Crippen LogP contribution is -2.19. The van der Waals surface area contributed by atoms with Crippen LogP contribution in [0.3, 0.4) is 0 Å². The molecule has 0 aliphatic heterocycles.